The number of aliphatic hydroxyl groups is 1. The summed E-state index contributed by atoms with van der Waals surface area (Å²) in [5, 5.41) is 9.82. The predicted molar refractivity (Wildman–Crippen MR) is 316 cm³/mol. The maximum Gasteiger partial charge on any atom is 0.472 e. The van der Waals surface area contributed by atoms with E-state index in [2.05, 4.69) is 142 Å². The highest BCUT2D eigenvalue weighted by Crippen LogP contribution is 2.43. The molecule has 0 spiro atoms. The molecule has 0 saturated heterocycles. The number of hydrogen-bond donors (Lipinski definition) is 2. The van der Waals surface area contributed by atoms with E-state index in [1.165, 1.54) is 19.3 Å². The van der Waals surface area contributed by atoms with Crippen LogP contribution in [0.1, 0.15) is 213 Å². The number of aliphatic hydroxyl groups excluding tert-OH is 1. The number of rotatable bonds is 52. The first-order valence-electron chi connectivity index (χ1n) is 29.1. The molecule has 0 aromatic heterocycles. The summed E-state index contributed by atoms with van der Waals surface area (Å²) in [6.45, 7) is 4.25. The molecule has 0 heterocycles. The van der Waals surface area contributed by atoms with Gasteiger partial charge in [0.25, 0.3) is 0 Å². The Hall–Kier alpha value is -4.38. The molecule has 0 aliphatic rings. The van der Waals surface area contributed by atoms with Gasteiger partial charge in [-0.1, -0.05) is 206 Å². The van der Waals surface area contributed by atoms with E-state index in [9.17, 15) is 28.9 Å². The van der Waals surface area contributed by atoms with Gasteiger partial charge in [-0.2, -0.15) is 0 Å². The SMILES string of the molecule is CC/C=C\C/C=C\C/C=C\C/C=C\C/C=C\C/C=C\CCC(=O)OC(COC(=O)CCCCCCC/C=C\C/C=C\C/C=C\CC)COP(=O)(O)OCC(CO)OC(=O)CCCCCCC/C=C\C/C=C\CCCCC. The number of unbranched alkanes of at least 4 members (excludes halogenated alkanes) is 13. The Labute approximate surface area is 461 Å². The topological polar surface area (TPSA) is 155 Å². The van der Waals surface area contributed by atoms with Gasteiger partial charge in [0.2, 0.25) is 0 Å². The second kappa shape index (κ2) is 56.8. The van der Waals surface area contributed by atoms with Gasteiger partial charge >= 0.3 is 25.7 Å². The van der Waals surface area contributed by atoms with Crippen molar-refractivity contribution >= 4 is 25.7 Å². The zero-order valence-electron chi connectivity index (χ0n) is 47.4. The Morgan fingerprint density at radius 3 is 1.13 bits per heavy atom. The van der Waals surface area contributed by atoms with Crippen molar-refractivity contribution in [2.24, 2.45) is 0 Å². The number of allylic oxidation sites excluding steroid dienone is 22. The molecule has 0 bridgehead atoms. The first kappa shape index (κ1) is 71.6. The van der Waals surface area contributed by atoms with E-state index < -0.39 is 57.8 Å². The molecule has 0 radical (unpaired) electrons. The molecule has 0 aliphatic carbocycles. The smallest absolute Gasteiger partial charge is 0.462 e. The minimum Gasteiger partial charge on any atom is -0.462 e. The Balaban J connectivity index is 4.89. The molecule has 0 saturated carbocycles. The van der Waals surface area contributed by atoms with E-state index in [1.54, 1.807) is 0 Å². The third-order valence-electron chi connectivity index (χ3n) is 11.6. The lowest BCUT2D eigenvalue weighted by molar-refractivity contribution is -0.161. The van der Waals surface area contributed by atoms with Crippen molar-refractivity contribution in [3.63, 3.8) is 0 Å². The van der Waals surface area contributed by atoms with Gasteiger partial charge in [0.15, 0.2) is 6.10 Å². The van der Waals surface area contributed by atoms with Crippen LogP contribution in [0.3, 0.4) is 0 Å². The fourth-order valence-corrected chi connectivity index (χ4v) is 7.97. The molecule has 2 N–H and O–H groups in total. The molecule has 0 aliphatic heterocycles. The van der Waals surface area contributed by atoms with Crippen molar-refractivity contribution in [2.75, 3.05) is 26.4 Å². The number of carbonyl (C=O) groups is 3. The van der Waals surface area contributed by atoms with Crippen molar-refractivity contribution in [3.8, 4) is 0 Å². The Morgan fingerprint density at radius 2 is 0.711 bits per heavy atom. The monoisotopic (exact) mass is 1080 g/mol. The van der Waals surface area contributed by atoms with Crippen molar-refractivity contribution in [1.29, 1.82) is 0 Å². The predicted octanol–water partition coefficient (Wildman–Crippen LogP) is 17.4. The Bertz CT molecular complexity index is 1780. The van der Waals surface area contributed by atoms with Crippen LogP contribution in [0.4, 0.5) is 0 Å². The van der Waals surface area contributed by atoms with Crippen LogP contribution >= 0.6 is 7.82 Å². The molecule has 0 aromatic rings. The van der Waals surface area contributed by atoms with E-state index >= 15 is 0 Å². The molecular formula is C64H103O11P. The van der Waals surface area contributed by atoms with Gasteiger partial charge in [-0.3, -0.25) is 23.4 Å². The van der Waals surface area contributed by atoms with E-state index in [1.807, 2.05) is 12.2 Å². The average Bonchev–Trinajstić information content (AvgIpc) is 3.41. The molecule has 3 unspecified atom stereocenters. The molecule has 0 aromatic carbocycles. The fraction of sp³-hybridized carbons (Fsp3) is 0.609. The molecule has 3 atom stereocenters. The van der Waals surface area contributed by atoms with E-state index in [0.717, 1.165) is 128 Å². The van der Waals surface area contributed by atoms with Crippen molar-refractivity contribution in [1.82, 2.24) is 0 Å². The maximum atomic E-state index is 12.9. The summed E-state index contributed by atoms with van der Waals surface area (Å²) in [5.74, 6) is -1.62. The number of carbonyl (C=O) groups excluding carboxylic acids is 3. The summed E-state index contributed by atoms with van der Waals surface area (Å²) in [7, 11) is -4.79. The van der Waals surface area contributed by atoms with Crippen molar-refractivity contribution < 1.29 is 52.2 Å². The van der Waals surface area contributed by atoms with Gasteiger partial charge < -0.3 is 24.2 Å². The number of phosphoric acid groups is 1. The van der Waals surface area contributed by atoms with E-state index in [-0.39, 0.29) is 25.9 Å². The van der Waals surface area contributed by atoms with E-state index in [4.69, 9.17) is 23.3 Å². The summed E-state index contributed by atoms with van der Waals surface area (Å²) >= 11 is 0. The normalized spacial score (nSPS) is 14.3. The Morgan fingerprint density at radius 1 is 0.382 bits per heavy atom. The van der Waals surface area contributed by atoms with Crippen molar-refractivity contribution in [3.05, 3.63) is 134 Å². The Kier molecular flexibility index (Phi) is 53.5. The minimum absolute atomic E-state index is 0.0302. The maximum absolute atomic E-state index is 12.9. The zero-order valence-corrected chi connectivity index (χ0v) is 48.3. The van der Waals surface area contributed by atoms with Gasteiger partial charge in [-0.05, 0) is 122 Å². The third-order valence-corrected chi connectivity index (χ3v) is 12.5. The van der Waals surface area contributed by atoms with Crippen LogP contribution in [0.2, 0.25) is 0 Å². The lowest BCUT2D eigenvalue weighted by Gasteiger charge is -2.21. The highest BCUT2D eigenvalue weighted by atomic mass is 31.2. The number of ether oxygens (including phenoxy) is 3. The molecular weight excluding hydrogens is 976 g/mol. The van der Waals surface area contributed by atoms with Crippen LogP contribution in [0.15, 0.2) is 134 Å². The summed E-state index contributed by atoms with van der Waals surface area (Å²) in [6.07, 6.45) is 71.4. The van der Waals surface area contributed by atoms with Crippen LogP contribution in [-0.2, 0) is 42.2 Å². The molecule has 430 valence electrons. The molecule has 11 nitrogen and oxygen atoms in total. The number of phosphoric ester groups is 1. The average molecular weight is 1080 g/mol. The standard InChI is InChI=1S/C64H103O11P/c1-4-7-10-13-16-19-22-25-28-29-30-31-34-37-40-43-46-49-52-55-64(68)75-61(57-71-62(66)53-50-47-44-41-38-35-32-26-23-20-17-14-11-8-5-2)59-73-76(69,70)72-58-60(56-65)74-63(67)54-51-48-45-42-39-36-33-27-24-21-18-15-12-9-6-3/h7-8,10-11,16-21,25-28,30-33,37,40,46,49,60-61,65H,4-6,9,12-15,22-24,29,34-36,38-39,41-45,47-48,50-59H2,1-3H3,(H,69,70)/b10-7-,11-8-,19-16-,20-17-,21-18-,28-25-,31-30-,32-26-,33-27-,40-37-,49-46-. The van der Waals surface area contributed by atoms with Gasteiger partial charge in [0, 0.05) is 19.3 Å². The van der Waals surface area contributed by atoms with E-state index in [0.29, 0.717) is 25.7 Å². The molecule has 0 amide bonds. The highest BCUT2D eigenvalue weighted by molar-refractivity contribution is 7.47. The molecule has 0 rings (SSSR count). The third kappa shape index (κ3) is 54.4. The van der Waals surface area contributed by atoms with Crippen LogP contribution in [-0.4, -0.2) is 66.5 Å². The largest absolute Gasteiger partial charge is 0.472 e. The number of esters is 3. The van der Waals surface area contributed by atoms with Crippen LogP contribution in [0.25, 0.3) is 0 Å². The highest BCUT2D eigenvalue weighted by Gasteiger charge is 2.28. The quantitative estimate of drug-likeness (QED) is 0.0197. The summed E-state index contributed by atoms with van der Waals surface area (Å²) < 4.78 is 39.4. The summed E-state index contributed by atoms with van der Waals surface area (Å²) in [5.41, 5.74) is 0. The molecule has 0 fully saturated rings. The molecule has 76 heavy (non-hydrogen) atoms. The van der Waals surface area contributed by atoms with Gasteiger partial charge in [-0.25, -0.2) is 4.57 Å². The zero-order chi connectivity index (χ0) is 55.5. The molecule has 12 heteroatoms. The summed E-state index contributed by atoms with van der Waals surface area (Å²) in [4.78, 5) is 48.5. The van der Waals surface area contributed by atoms with Crippen molar-refractivity contribution in [2.45, 2.75) is 226 Å². The van der Waals surface area contributed by atoms with Crippen LogP contribution in [0, 0.1) is 0 Å². The number of hydrogen-bond acceptors (Lipinski definition) is 10. The van der Waals surface area contributed by atoms with Gasteiger partial charge in [0.1, 0.15) is 12.7 Å². The second-order valence-corrected chi connectivity index (χ2v) is 20.1. The second-order valence-electron chi connectivity index (χ2n) is 18.7. The van der Waals surface area contributed by atoms with Crippen LogP contribution < -0.4 is 0 Å². The summed E-state index contributed by atoms with van der Waals surface area (Å²) in [6, 6.07) is 0. The first-order valence-corrected chi connectivity index (χ1v) is 30.6. The lowest BCUT2D eigenvalue weighted by atomic mass is 10.1. The fourth-order valence-electron chi connectivity index (χ4n) is 7.19. The first-order chi connectivity index (χ1) is 37.2. The minimum atomic E-state index is -4.79. The van der Waals surface area contributed by atoms with Gasteiger partial charge in [-0.15, -0.1) is 0 Å². The van der Waals surface area contributed by atoms with Crippen LogP contribution in [0.5, 0.6) is 0 Å². The van der Waals surface area contributed by atoms with Gasteiger partial charge in [0.05, 0.1) is 19.8 Å². The lowest BCUT2D eigenvalue weighted by Crippen LogP contribution is -2.30.